The van der Waals surface area contributed by atoms with Crippen LogP contribution in [0.5, 0.6) is 5.75 Å². The van der Waals surface area contributed by atoms with E-state index >= 15 is 0 Å². The number of hydrogen-bond acceptors (Lipinski definition) is 1. The van der Waals surface area contributed by atoms with Crippen molar-refractivity contribution in [2.45, 2.75) is 51.8 Å². The maximum absolute atomic E-state index is 5.39. The molecule has 1 nitrogen and oxygen atoms in total. The summed E-state index contributed by atoms with van der Waals surface area (Å²) in [5.74, 6) is 1.60. The van der Waals surface area contributed by atoms with Gasteiger partial charge in [-0.3, -0.25) is 0 Å². The molecule has 4 rings (SSSR count). The van der Waals surface area contributed by atoms with Gasteiger partial charge in [0.15, 0.2) is 0 Å². The fourth-order valence-corrected chi connectivity index (χ4v) is 9.33. The molecule has 0 saturated carbocycles. The Kier molecular flexibility index (Phi) is 4.92. The standard InChI is InChI=1S/C26H31OSe/c1-17-15-23(25(3,4)5)26(16-18(17)2)22-10-8-7-9-21(22)24(28-26)19-11-13-20(27-6)14-12-19/h7-14,23H,15-16H2,1-6H3/q+1. The summed E-state index contributed by atoms with van der Waals surface area (Å²) in [6, 6.07) is 17.9. The van der Waals surface area contributed by atoms with Gasteiger partial charge in [-0.1, -0.05) is 0 Å². The minimum absolute atomic E-state index is 0.265. The molecule has 2 aromatic rings. The maximum atomic E-state index is 5.39. The molecule has 28 heavy (non-hydrogen) atoms. The Morgan fingerprint density at radius 1 is 0.964 bits per heavy atom. The first kappa shape index (κ1) is 19.7. The van der Waals surface area contributed by atoms with Gasteiger partial charge in [0.1, 0.15) is 0 Å². The van der Waals surface area contributed by atoms with E-state index in [1.54, 1.807) is 28.2 Å². The zero-order valence-corrected chi connectivity index (χ0v) is 19.6. The van der Waals surface area contributed by atoms with E-state index in [2.05, 4.69) is 83.1 Å². The normalized spacial score (nSPS) is 24.4. The van der Waals surface area contributed by atoms with Crippen molar-refractivity contribution in [1.82, 2.24) is 0 Å². The van der Waals surface area contributed by atoms with Crippen molar-refractivity contribution in [3.8, 4) is 5.75 Å². The Hall–Kier alpha value is -1.63. The molecule has 1 aliphatic heterocycles. The summed E-state index contributed by atoms with van der Waals surface area (Å²) in [5.41, 5.74) is 7.93. The molecule has 0 bridgehead atoms. The van der Waals surface area contributed by atoms with E-state index in [9.17, 15) is 0 Å². The van der Waals surface area contributed by atoms with Crippen molar-refractivity contribution in [1.29, 1.82) is 0 Å². The molecule has 0 aromatic heterocycles. The molecule has 146 valence electrons. The van der Waals surface area contributed by atoms with Gasteiger partial charge in [-0.05, 0) is 0 Å². The van der Waals surface area contributed by atoms with Crippen molar-refractivity contribution in [3.05, 3.63) is 76.4 Å². The first-order valence-corrected chi connectivity index (χ1v) is 11.9. The number of ether oxygens (including phenoxy) is 1. The monoisotopic (exact) mass is 439 g/mol. The third-order valence-electron chi connectivity index (χ3n) is 6.64. The molecular weight excluding hydrogens is 407 g/mol. The van der Waals surface area contributed by atoms with Crippen molar-refractivity contribution in [2.24, 2.45) is 11.3 Å². The van der Waals surface area contributed by atoms with Crippen LogP contribution in [0.25, 0.3) is 0 Å². The zero-order chi connectivity index (χ0) is 20.1. The van der Waals surface area contributed by atoms with Gasteiger partial charge in [-0.15, -0.1) is 0 Å². The van der Waals surface area contributed by atoms with E-state index in [0.29, 0.717) is 20.4 Å². The van der Waals surface area contributed by atoms with Crippen LogP contribution in [0.15, 0.2) is 59.7 Å². The SMILES string of the molecule is COc1ccc(C2=[Se+]C3(CC(C)=C(C)CC3C(C)(C)C)c3ccccc32)cc1. The van der Waals surface area contributed by atoms with Crippen LogP contribution in [0, 0.1) is 11.3 Å². The molecule has 0 amide bonds. The van der Waals surface area contributed by atoms with E-state index in [4.69, 9.17) is 4.74 Å². The summed E-state index contributed by atoms with van der Waals surface area (Å²) >= 11 is 0.394. The molecule has 0 fully saturated rings. The van der Waals surface area contributed by atoms with Gasteiger partial charge in [0.25, 0.3) is 0 Å². The topological polar surface area (TPSA) is 9.23 Å². The van der Waals surface area contributed by atoms with Gasteiger partial charge >= 0.3 is 176 Å². The molecule has 2 aromatic carbocycles. The Morgan fingerprint density at radius 3 is 2.29 bits per heavy atom. The van der Waals surface area contributed by atoms with Crippen LogP contribution >= 0.6 is 0 Å². The van der Waals surface area contributed by atoms with Gasteiger partial charge in [0.05, 0.1) is 0 Å². The van der Waals surface area contributed by atoms with Crippen molar-refractivity contribution in [2.75, 3.05) is 7.11 Å². The summed E-state index contributed by atoms with van der Waals surface area (Å²) < 4.78 is 7.22. The van der Waals surface area contributed by atoms with Crippen LogP contribution < -0.4 is 4.74 Å². The zero-order valence-electron chi connectivity index (χ0n) is 17.9. The van der Waals surface area contributed by atoms with Gasteiger partial charge < -0.3 is 0 Å². The predicted octanol–water partition coefficient (Wildman–Crippen LogP) is 5.97. The Labute approximate surface area is 175 Å². The third kappa shape index (κ3) is 3.11. The molecular formula is C26H31OSe+. The van der Waals surface area contributed by atoms with Crippen LogP contribution in [0.2, 0.25) is 0 Å². The van der Waals surface area contributed by atoms with Gasteiger partial charge in [-0.25, -0.2) is 0 Å². The predicted molar refractivity (Wildman–Crippen MR) is 121 cm³/mol. The van der Waals surface area contributed by atoms with Gasteiger partial charge in [0, 0.05) is 0 Å². The van der Waals surface area contributed by atoms with Crippen LogP contribution in [0.4, 0.5) is 0 Å². The Morgan fingerprint density at radius 2 is 1.64 bits per heavy atom. The number of hydrogen-bond donors (Lipinski definition) is 0. The summed E-state index contributed by atoms with van der Waals surface area (Å²) in [6.07, 6.45) is 2.43. The minimum atomic E-state index is 0.265. The summed E-state index contributed by atoms with van der Waals surface area (Å²) in [4.78, 5) is 0. The van der Waals surface area contributed by atoms with Crippen LogP contribution in [0.3, 0.4) is 0 Å². The molecule has 0 saturated heterocycles. The second-order valence-electron chi connectivity index (χ2n) is 9.45. The fourth-order valence-electron chi connectivity index (χ4n) is 5.01. The molecule has 1 spiro atoms. The number of allylic oxidation sites excluding steroid dienone is 2. The van der Waals surface area contributed by atoms with E-state index in [1.165, 1.54) is 24.0 Å². The number of methoxy groups -OCH3 is 1. The third-order valence-corrected chi connectivity index (χ3v) is 10.1. The molecule has 0 N–H and O–H groups in total. The quantitative estimate of drug-likeness (QED) is 0.415. The average Bonchev–Trinajstić information content (AvgIpc) is 2.99. The number of benzene rings is 2. The second kappa shape index (κ2) is 7.01. The van der Waals surface area contributed by atoms with Gasteiger partial charge in [0.2, 0.25) is 0 Å². The van der Waals surface area contributed by atoms with Crippen molar-refractivity contribution in [3.63, 3.8) is 0 Å². The van der Waals surface area contributed by atoms with Crippen molar-refractivity contribution >= 4 is 18.9 Å². The Balaban J connectivity index is 1.94. The molecule has 2 unspecified atom stereocenters. The van der Waals surface area contributed by atoms with Gasteiger partial charge in [-0.2, -0.15) is 0 Å². The second-order valence-corrected chi connectivity index (χ2v) is 12.3. The van der Waals surface area contributed by atoms with Crippen LogP contribution in [0.1, 0.15) is 64.2 Å². The van der Waals surface area contributed by atoms with E-state index in [1.807, 2.05) is 0 Å². The fraction of sp³-hybridized carbons (Fsp3) is 0.423. The molecule has 2 aliphatic rings. The first-order chi connectivity index (χ1) is 13.3. The van der Waals surface area contributed by atoms with Crippen LogP contribution in [-0.4, -0.2) is 26.0 Å². The molecule has 2 heteroatoms. The summed E-state index contributed by atoms with van der Waals surface area (Å²) in [5, 5.41) is 0. The Bertz CT molecular complexity index is 959. The molecule has 0 radical (unpaired) electrons. The summed E-state index contributed by atoms with van der Waals surface area (Å²) in [7, 11) is 1.74. The number of rotatable bonds is 2. The van der Waals surface area contributed by atoms with E-state index in [0.717, 1.165) is 5.75 Å². The molecule has 1 aliphatic carbocycles. The first-order valence-electron chi connectivity index (χ1n) is 10.2. The molecule has 2 atom stereocenters. The van der Waals surface area contributed by atoms with E-state index in [-0.39, 0.29) is 9.73 Å². The van der Waals surface area contributed by atoms with Crippen LogP contribution in [-0.2, 0) is 4.31 Å². The van der Waals surface area contributed by atoms with E-state index < -0.39 is 0 Å². The van der Waals surface area contributed by atoms with Crippen molar-refractivity contribution < 1.29 is 4.74 Å². The molecule has 1 heterocycles. The average molecular weight is 438 g/mol. The number of fused-ring (bicyclic) bond motifs is 2. The summed E-state index contributed by atoms with van der Waals surface area (Å²) in [6.45, 7) is 12.0.